The van der Waals surface area contributed by atoms with E-state index in [2.05, 4.69) is 4.98 Å². The Morgan fingerprint density at radius 3 is 2.32 bits per heavy atom. The van der Waals surface area contributed by atoms with Gasteiger partial charge in [0, 0.05) is 16.3 Å². The first-order valence-electron chi connectivity index (χ1n) is 6.79. The highest BCUT2D eigenvalue weighted by atomic mass is 16.5. The molecule has 0 atom stereocenters. The number of methoxy groups -OCH3 is 2. The third-order valence-corrected chi connectivity index (χ3v) is 3.85. The standard InChI is InChI=1S/C17H15NO4/c1-9-11(16(19)21-2)8-12(17(20)22-3)15-14(9)10-6-4-5-7-13(10)18-15/h4-8,18H,1-3H3. The largest absolute Gasteiger partial charge is 0.465 e. The van der Waals surface area contributed by atoms with E-state index in [-0.39, 0.29) is 0 Å². The lowest BCUT2D eigenvalue weighted by Crippen LogP contribution is -2.09. The second-order valence-electron chi connectivity index (χ2n) is 5.00. The van der Waals surface area contributed by atoms with E-state index in [1.54, 1.807) is 0 Å². The van der Waals surface area contributed by atoms with Crippen molar-refractivity contribution in [1.82, 2.24) is 4.98 Å². The molecule has 0 aliphatic carbocycles. The molecule has 112 valence electrons. The summed E-state index contributed by atoms with van der Waals surface area (Å²) >= 11 is 0. The second-order valence-corrected chi connectivity index (χ2v) is 5.00. The molecule has 0 unspecified atom stereocenters. The molecule has 1 heterocycles. The van der Waals surface area contributed by atoms with Crippen molar-refractivity contribution in [2.75, 3.05) is 14.2 Å². The second kappa shape index (κ2) is 5.18. The molecule has 0 aliphatic heterocycles. The minimum Gasteiger partial charge on any atom is -0.465 e. The van der Waals surface area contributed by atoms with Crippen molar-refractivity contribution >= 4 is 33.7 Å². The number of carbonyl (C=O) groups excluding carboxylic acids is 2. The first kappa shape index (κ1) is 14.1. The molecule has 5 nitrogen and oxygen atoms in total. The molecule has 0 radical (unpaired) electrons. The normalized spacial score (nSPS) is 10.9. The summed E-state index contributed by atoms with van der Waals surface area (Å²) in [5, 5.41) is 1.78. The lowest BCUT2D eigenvalue weighted by atomic mass is 9.98. The maximum atomic E-state index is 12.1. The van der Waals surface area contributed by atoms with Crippen molar-refractivity contribution in [1.29, 1.82) is 0 Å². The van der Waals surface area contributed by atoms with Crippen LogP contribution < -0.4 is 0 Å². The Hall–Kier alpha value is -2.82. The van der Waals surface area contributed by atoms with E-state index in [4.69, 9.17) is 9.47 Å². The quantitative estimate of drug-likeness (QED) is 0.737. The molecule has 0 amide bonds. The van der Waals surface area contributed by atoms with Crippen LogP contribution in [0.25, 0.3) is 21.8 Å². The highest BCUT2D eigenvalue weighted by molar-refractivity contribution is 6.17. The molecule has 22 heavy (non-hydrogen) atoms. The molecule has 0 spiro atoms. The summed E-state index contributed by atoms with van der Waals surface area (Å²) in [6, 6.07) is 9.21. The molecular formula is C17H15NO4. The van der Waals surface area contributed by atoms with Crippen molar-refractivity contribution in [2.24, 2.45) is 0 Å². The lowest BCUT2D eigenvalue weighted by Gasteiger charge is -2.09. The maximum absolute atomic E-state index is 12.1. The number of rotatable bonds is 2. The van der Waals surface area contributed by atoms with Crippen molar-refractivity contribution in [3.63, 3.8) is 0 Å². The Balaban J connectivity index is 2.50. The van der Waals surface area contributed by atoms with Crippen LogP contribution in [0.2, 0.25) is 0 Å². The van der Waals surface area contributed by atoms with E-state index >= 15 is 0 Å². The molecule has 0 fully saturated rings. The van der Waals surface area contributed by atoms with Crippen LogP contribution in [0.5, 0.6) is 0 Å². The number of benzene rings is 2. The SMILES string of the molecule is COC(=O)c1cc(C(=O)OC)c2[nH]c3ccccc3c2c1C. The number of fused-ring (bicyclic) bond motifs is 3. The molecule has 0 saturated heterocycles. The third kappa shape index (κ3) is 1.94. The van der Waals surface area contributed by atoms with Gasteiger partial charge in [-0.2, -0.15) is 0 Å². The predicted octanol–water partition coefficient (Wildman–Crippen LogP) is 3.20. The van der Waals surface area contributed by atoms with Crippen molar-refractivity contribution in [3.8, 4) is 0 Å². The van der Waals surface area contributed by atoms with Crippen LogP contribution in [0.4, 0.5) is 0 Å². The molecule has 2 aromatic carbocycles. The summed E-state index contributed by atoms with van der Waals surface area (Å²) in [5.74, 6) is -0.975. The number of H-pyrrole nitrogens is 1. The fourth-order valence-electron chi connectivity index (χ4n) is 2.79. The average Bonchev–Trinajstić information content (AvgIpc) is 2.93. The molecule has 1 N–H and O–H groups in total. The van der Waals surface area contributed by atoms with Gasteiger partial charge in [0.1, 0.15) is 0 Å². The van der Waals surface area contributed by atoms with Gasteiger partial charge in [-0.05, 0) is 24.6 Å². The minimum atomic E-state index is -0.498. The van der Waals surface area contributed by atoms with E-state index < -0.39 is 11.9 Å². The number of para-hydroxylation sites is 1. The zero-order valence-electron chi connectivity index (χ0n) is 12.5. The summed E-state index contributed by atoms with van der Waals surface area (Å²) < 4.78 is 9.66. The van der Waals surface area contributed by atoms with Gasteiger partial charge in [0.05, 0.1) is 30.9 Å². The van der Waals surface area contributed by atoms with E-state index in [1.165, 1.54) is 20.3 Å². The summed E-state index contributed by atoms with van der Waals surface area (Å²) in [4.78, 5) is 27.3. The number of ether oxygens (including phenoxy) is 2. The van der Waals surface area contributed by atoms with Gasteiger partial charge < -0.3 is 14.5 Å². The van der Waals surface area contributed by atoms with Gasteiger partial charge in [-0.25, -0.2) is 9.59 Å². The van der Waals surface area contributed by atoms with Crippen LogP contribution in [-0.4, -0.2) is 31.1 Å². The topological polar surface area (TPSA) is 68.4 Å². The van der Waals surface area contributed by atoms with E-state index in [0.717, 1.165) is 21.9 Å². The number of hydrogen-bond acceptors (Lipinski definition) is 4. The van der Waals surface area contributed by atoms with Gasteiger partial charge in [0.25, 0.3) is 0 Å². The Labute approximate surface area is 126 Å². The van der Waals surface area contributed by atoms with Crippen LogP contribution in [0.3, 0.4) is 0 Å². The van der Waals surface area contributed by atoms with Crippen molar-refractivity contribution < 1.29 is 19.1 Å². The number of aromatic nitrogens is 1. The van der Waals surface area contributed by atoms with Crippen LogP contribution in [-0.2, 0) is 9.47 Å². The molecule has 0 saturated carbocycles. The Bertz CT molecular complexity index is 908. The van der Waals surface area contributed by atoms with Gasteiger partial charge in [-0.3, -0.25) is 0 Å². The molecule has 3 aromatic rings. The smallest absolute Gasteiger partial charge is 0.340 e. The maximum Gasteiger partial charge on any atom is 0.340 e. The lowest BCUT2D eigenvalue weighted by molar-refractivity contribution is 0.0600. The zero-order chi connectivity index (χ0) is 15.9. The molecule has 0 bridgehead atoms. The number of carbonyl (C=O) groups is 2. The number of esters is 2. The van der Waals surface area contributed by atoms with Crippen LogP contribution in [0.1, 0.15) is 26.3 Å². The van der Waals surface area contributed by atoms with Crippen LogP contribution in [0.15, 0.2) is 30.3 Å². The summed E-state index contributed by atoms with van der Waals surface area (Å²) in [5.41, 5.74) is 3.01. The number of aryl methyl sites for hydroxylation is 1. The highest BCUT2D eigenvalue weighted by Gasteiger charge is 2.22. The molecular weight excluding hydrogens is 282 g/mol. The molecule has 1 aromatic heterocycles. The van der Waals surface area contributed by atoms with E-state index in [9.17, 15) is 9.59 Å². The first-order chi connectivity index (χ1) is 10.6. The number of hydrogen-bond donors (Lipinski definition) is 1. The number of nitrogens with one attached hydrogen (secondary N) is 1. The monoisotopic (exact) mass is 297 g/mol. The van der Waals surface area contributed by atoms with Gasteiger partial charge in [0.15, 0.2) is 0 Å². The average molecular weight is 297 g/mol. The van der Waals surface area contributed by atoms with Crippen LogP contribution in [0, 0.1) is 6.92 Å². The summed E-state index contributed by atoms with van der Waals surface area (Å²) in [6.45, 7) is 1.84. The Morgan fingerprint density at radius 1 is 1.00 bits per heavy atom. The van der Waals surface area contributed by atoms with Gasteiger partial charge in [-0.15, -0.1) is 0 Å². The zero-order valence-corrected chi connectivity index (χ0v) is 12.5. The summed E-state index contributed by atoms with van der Waals surface area (Å²) in [6.07, 6.45) is 0. The van der Waals surface area contributed by atoms with Crippen LogP contribution >= 0.6 is 0 Å². The Kier molecular flexibility index (Phi) is 3.33. The number of aromatic amines is 1. The first-order valence-corrected chi connectivity index (χ1v) is 6.79. The minimum absolute atomic E-state index is 0.319. The van der Waals surface area contributed by atoms with Crippen molar-refractivity contribution in [2.45, 2.75) is 6.92 Å². The van der Waals surface area contributed by atoms with Gasteiger partial charge >= 0.3 is 11.9 Å². The summed E-state index contributed by atoms with van der Waals surface area (Å²) in [7, 11) is 2.63. The van der Waals surface area contributed by atoms with Gasteiger partial charge in [0.2, 0.25) is 0 Å². The third-order valence-electron chi connectivity index (χ3n) is 3.85. The molecule has 3 rings (SSSR count). The Morgan fingerprint density at radius 2 is 1.64 bits per heavy atom. The highest BCUT2D eigenvalue weighted by Crippen LogP contribution is 2.33. The molecule has 0 aliphatic rings. The fourth-order valence-corrected chi connectivity index (χ4v) is 2.79. The molecule has 5 heteroatoms. The fraction of sp³-hybridized carbons (Fsp3) is 0.176. The predicted molar refractivity (Wildman–Crippen MR) is 83.2 cm³/mol. The van der Waals surface area contributed by atoms with Crippen molar-refractivity contribution in [3.05, 3.63) is 47.0 Å². The van der Waals surface area contributed by atoms with E-state index in [1.807, 2.05) is 31.2 Å². The van der Waals surface area contributed by atoms with E-state index in [0.29, 0.717) is 16.6 Å². The van der Waals surface area contributed by atoms with Gasteiger partial charge in [-0.1, -0.05) is 18.2 Å².